The van der Waals surface area contributed by atoms with E-state index in [1.54, 1.807) is 6.92 Å². The average Bonchev–Trinajstić information content (AvgIpc) is 2.01. The first-order chi connectivity index (χ1) is 6.79. The smallest absolute Gasteiger partial charge is 0.322 e. The number of rotatable bonds is 6. The van der Waals surface area contributed by atoms with E-state index in [2.05, 4.69) is 4.74 Å². The van der Waals surface area contributed by atoms with Crippen molar-refractivity contribution in [1.82, 2.24) is 4.31 Å². The highest BCUT2D eigenvalue weighted by molar-refractivity contribution is 7.89. The molecule has 1 unspecified atom stereocenters. The fourth-order valence-corrected chi connectivity index (χ4v) is 1.99. The molecule has 0 aliphatic carbocycles. The Labute approximate surface area is 89.9 Å². The van der Waals surface area contributed by atoms with Crippen molar-refractivity contribution in [2.45, 2.75) is 20.0 Å². The highest BCUT2D eigenvalue weighted by Gasteiger charge is 2.23. The molecule has 7 heteroatoms. The second-order valence-electron chi connectivity index (χ2n) is 3.19. The van der Waals surface area contributed by atoms with Gasteiger partial charge in [-0.3, -0.25) is 4.79 Å². The van der Waals surface area contributed by atoms with Gasteiger partial charge in [0.2, 0.25) is 10.0 Å². The summed E-state index contributed by atoms with van der Waals surface area (Å²) in [6.45, 7) is 3.18. The van der Waals surface area contributed by atoms with Crippen molar-refractivity contribution in [1.29, 1.82) is 0 Å². The van der Waals surface area contributed by atoms with Gasteiger partial charge in [0, 0.05) is 13.6 Å². The summed E-state index contributed by atoms with van der Waals surface area (Å²) in [4.78, 5) is 11.0. The molecular formula is C8H17NO5S. The predicted molar refractivity (Wildman–Crippen MR) is 54.7 cm³/mol. The molecule has 0 rings (SSSR count). The summed E-state index contributed by atoms with van der Waals surface area (Å²) >= 11 is 0. The van der Waals surface area contributed by atoms with Crippen LogP contribution < -0.4 is 0 Å². The maximum absolute atomic E-state index is 11.5. The summed E-state index contributed by atoms with van der Waals surface area (Å²) in [5.74, 6) is -1.47. The van der Waals surface area contributed by atoms with E-state index in [4.69, 9.17) is 5.11 Å². The van der Waals surface area contributed by atoms with Crippen molar-refractivity contribution in [2.75, 3.05) is 26.0 Å². The largest absolute Gasteiger partial charge is 0.465 e. The van der Waals surface area contributed by atoms with Crippen LogP contribution in [0.2, 0.25) is 0 Å². The van der Waals surface area contributed by atoms with Crippen LogP contribution in [0.15, 0.2) is 0 Å². The van der Waals surface area contributed by atoms with Gasteiger partial charge in [-0.25, -0.2) is 12.7 Å². The number of sulfonamides is 1. The van der Waals surface area contributed by atoms with Gasteiger partial charge in [0.05, 0.1) is 12.7 Å². The first kappa shape index (κ1) is 14.3. The molecule has 0 aromatic rings. The lowest BCUT2D eigenvalue weighted by atomic mass is 10.4. The Morgan fingerprint density at radius 1 is 1.53 bits per heavy atom. The zero-order chi connectivity index (χ0) is 12.1. The molecule has 0 aromatic carbocycles. The van der Waals surface area contributed by atoms with Gasteiger partial charge in [-0.1, -0.05) is 0 Å². The molecule has 0 saturated carbocycles. The molecule has 15 heavy (non-hydrogen) atoms. The van der Waals surface area contributed by atoms with E-state index >= 15 is 0 Å². The number of carbonyl (C=O) groups excluding carboxylic acids is 1. The van der Waals surface area contributed by atoms with E-state index in [0.717, 1.165) is 4.31 Å². The lowest BCUT2D eigenvalue weighted by molar-refractivity contribution is -0.140. The Morgan fingerprint density at radius 3 is 2.47 bits per heavy atom. The summed E-state index contributed by atoms with van der Waals surface area (Å²) < 4.78 is 28.4. The van der Waals surface area contributed by atoms with Gasteiger partial charge in [0.15, 0.2) is 5.75 Å². The number of hydrogen-bond acceptors (Lipinski definition) is 5. The molecule has 6 nitrogen and oxygen atoms in total. The van der Waals surface area contributed by atoms with E-state index in [1.807, 2.05) is 0 Å². The Balaban J connectivity index is 4.35. The summed E-state index contributed by atoms with van der Waals surface area (Å²) in [6, 6.07) is 0. The second kappa shape index (κ2) is 6.04. The Kier molecular flexibility index (Phi) is 5.77. The highest BCUT2D eigenvalue weighted by atomic mass is 32.2. The van der Waals surface area contributed by atoms with Gasteiger partial charge in [0.25, 0.3) is 0 Å². The number of nitrogens with zero attached hydrogens (tertiary/aromatic N) is 1. The van der Waals surface area contributed by atoms with Crippen LogP contribution in [0, 0.1) is 0 Å². The van der Waals surface area contributed by atoms with Gasteiger partial charge in [-0.05, 0) is 13.8 Å². The molecule has 0 aliphatic heterocycles. The SMILES string of the molecule is CCOC(=O)CS(=O)(=O)N(C)CC(C)O. The van der Waals surface area contributed by atoms with Crippen LogP contribution in [0.25, 0.3) is 0 Å². The van der Waals surface area contributed by atoms with Crippen molar-refractivity contribution in [3.8, 4) is 0 Å². The Bertz CT molecular complexity index is 298. The minimum atomic E-state index is -3.68. The number of carbonyl (C=O) groups is 1. The minimum Gasteiger partial charge on any atom is -0.465 e. The Morgan fingerprint density at radius 2 is 2.07 bits per heavy atom. The molecule has 0 heterocycles. The zero-order valence-corrected chi connectivity index (χ0v) is 9.95. The van der Waals surface area contributed by atoms with Gasteiger partial charge in [0.1, 0.15) is 0 Å². The van der Waals surface area contributed by atoms with Crippen LogP contribution in [0.4, 0.5) is 0 Å². The molecule has 0 radical (unpaired) electrons. The standard InChI is InChI=1S/C8H17NO5S/c1-4-14-8(11)6-15(12,13)9(3)5-7(2)10/h7,10H,4-6H2,1-3H3. The van der Waals surface area contributed by atoms with Crippen molar-refractivity contribution >= 4 is 16.0 Å². The van der Waals surface area contributed by atoms with Crippen molar-refractivity contribution in [2.24, 2.45) is 0 Å². The normalized spacial score (nSPS) is 13.9. The number of aliphatic hydroxyl groups is 1. The van der Waals surface area contributed by atoms with Crippen LogP contribution in [0.3, 0.4) is 0 Å². The molecule has 0 spiro atoms. The zero-order valence-electron chi connectivity index (χ0n) is 9.13. The Hall–Kier alpha value is -0.660. The molecule has 1 atom stereocenters. The van der Waals surface area contributed by atoms with Crippen LogP contribution >= 0.6 is 0 Å². The third-order valence-electron chi connectivity index (χ3n) is 1.60. The fourth-order valence-electron chi connectivity index (χ4n) is 0.947. The number of likely N-dealkylation sites (N-methyl/N-ethyl adjacent to an activating group) is 1. The minimum absolute atomic E-state index is 0.0399. The number of aliphatic hydroxyl groups excluding tert-OH is 1. The summed E-state index contributed by atoms with van der Waals surface area (Å²) in [5, 5.41) is 9.00. The maximum atomic E-state index is 11.5. The lowest BCUT2D eigenvalue weighted by Crippen LogP contribution is -2.37. The van der Waals surface area contributed by atoms with Crippen LogP contribution in [0.5, 0.6) is 0 Å². The molecule has 90 valence electrons. The first-order valence-corrected chi connectivity index (χ1v) is 6.18. The molecule has 1 N–H and O–H groups in total. The first-order valence-electron chi connectivity index (χ1n) is 4.57. The van der Waals surface area contributed by atoms with Crippen LogP contribution in [0.1, 0.15) is 13.8 Å². The second-order valence-corrected chi connectivity index (χ2v) is 5.27. The quantitative estimate of drug-likeness (QED) is 0.613. The monoisotopic (exact) mass is 239 g/mol. The fraction of sp³-hybridized carbons (Fsp3) is 0.875. The highest BCUT2D eigenvalue weighted by Crippen LogP contribution is 2.00. The number of esters is 1. The third kappa shape index (κ3) is 5.71. The van der Waals surface area contributed by atoms with Gasteiger partial charge in [-0.2, -0.15) is 0 Å². The van der Waals surface area contributed by atoms with E-state index in [9.17, 15) is 13.2 Å². The predicted octanol–water partition coefficient (Wildman–Crippen LogP) is -0.808. The van der Waals surface area contributed by atoms with Crippen molar-refractivity contribution in [3.05, 3.63) is 0 Å². The van der Waals surface area contributed by atoms with Crippen molar-refractivity contribution < 1.29 is 23.1 Å². The van der Waals surface area contributed by atoms with E-state index in [-0.39, 0.29) is 13.2 Å². The molecule has 0 saturated heterocycles. The van der Waals surface area contributed by atoms with E-state index in [0.29, 0.717) is 0 Å². The van der Waals surface area contributed by atoms with Gasteiger partial charge < -0.3 is 9.84 Å². The maximum Gasteiger partial charge on any atom is 0.322 e. The van der Waals surface area contributed by atoms with Gasteiger partial charge >= 0.3 is 5.97 Å². The lowest BCUT2D eigenvalue weighted by Gasteiger charge is -2.17. The summed E-state index contributed by atoms with van der Waals surface area (Å²) in [5.41, 5.74) is 0. The molecule has 0 aliphatic rings. The number of hydrogen-bond donors (Lipinski definition) is 1. The number of ether oxygens (including phenoxy) is 1. The summed E-state index contributed by atoms with van der Waals surface area (Å²) in [6.07, 6.45) is -0.771. The van der Waals surface area contributed by atoms with E-state index < -0.39 is 27.8 Å². The van der Waals surface area contributed by atoms with E-state index in [1.165, 1.54) is 14.0 Å². The van der Waals surface area contributed by atoms with Crippen molar-refractivity contribution in [3.63, 3.8) is 0 Å². The van der Waals surface area contributed by atoms with Crippen LogP contribution in [-0.2, 0) is 19.6 Å². The van der Waals surface area contributed by atoms with Gasteiger partial charge in [-0.15, -0.1) is 0 Å². The molecule has 0 amide bonds. The molecule has 0 fully saturated rings. The van der Waals surface area contributed by atoms with Crippen LogP contribution in [-0.4, -0.2) is 55.9 Å². The molecule has 0 bridgehead atoms. The topological polar surface area (TPSA) is 83.9 Å². The molecular weight excluding hydrogens is 222 g/mol. The average molecular weight is 239 g/mol. The molecule has 0 aromatic heterocycles. The summed E-state index contributed by atoms with van der Waals surface area (Å²) in [7, 11) is -2.37. The third-order valence-corrected chi connectivity index (χ3v) is 3.30.